The first kappa shape index (κ1) is 15.8. The molecule has 136 valence electrons. The predicted octanol–water partition coefficient (Wildman–Crippen LogP) is 3.40. The molecule has 0 bridgehead atoms. The molecule has 5 rings (SSSR count). The van der Waals surface area contributed by atoms with E-state index in [4.69, 9.17) is 4.98 Å². The van der Waals surface area contributed by atoms with Crippen LogP contribution >= 0.6 is 0 Å². The van der Waals surface area contributed by atoms with Crippen LogP contribution in [0.15, 0.2) is 55.1 Å². The summed E-state index contributed by atoms with van der Waals surface area (Å²) in [4.78, 5) is 11.2. The zero-order valence-corrected chi connectivity index (χ0v) is 14.6. The molecule has 0 saturated carbocycles. The van der Waals surface area contributed by atoms with Gasteiger partial charge in [0.15, 0.2) is 5.82 Å². The van der Waals surface area contributed by atoms with E-state index in [0.29, 0.717) is 23.3 Å². The van der Waals surface area contributed by atoms with E-state index >= 15 is 0 Å². The fraction of sp³-hybridized carbons (Fsp3) is 0.211. The van der Waals surface area contributed by atoms with E-state index in [1.54, 1.807) is 35.3 Å². The number of hydrogen-bond donors (Lipinski definition) is 1. The Morgan fingerprint density at radius 1 is 1.04 bits per heavy atom. The lowest BCUT2D eigenvalue weighted by Gasteiger charge is -2.16. The first-order valence-electron chi connectivity index (χ1n) is 8.94. The molecule has 27 heavy (non-hydrogen) atoms. The highest BCUT2D eigenvalue weighted by molar-refractivity contribution is 5.73. The van der Waals surface area contributed by atoms with E-state index in [0.717, 1.165) is 31.4 Å². The molecule has 0 atom stereocenters. The number of hydrogen-bond acceptors (Lipinski definition) is 5. The van der Waals surface area contributed by atoms with Gasteiger partial charge in [-0.25, -0.2) is 13.9 Å². The maximum absolute atomic E-state index is 14.0. The molecule has 3 aromatic heterocycles. The van der Waals surface area contributed by atoms with Crippen molar-refractivity contribution in [3.05, 3.63) is 60.9 Å². The molecule has 1 aromatic carbocycles. The van der Waals surface area contributed by atoms with Gasteiger partial charge in [0.2, 0.25) is 5.95 Å². The third-order valence-electron chi connectivity index (χ3n) is 4.73. The van der Waals surface area contributed by atoms with Crippen molar-refractivity contribution >= 4 is 23.1 Å². The maximum Gasteiger partial charge on any atom is 0.245 e. The molecule has 1 saturated heterocycles. The summed E-state index contributed by atoms with van der Waals surface area (Å²) in [6.45, 7) is 1.93. The van der Waals surface area contributed by atoms with Crippen molar-refractivity contribution in [3.63, 3.8) is 0 Å². The average molecular weight is 363 g/mol. The van der Waals surface area contributed by atoms with Gasteiger partial charge < -0.3 is 14.8 Å². The number of aromatic nitrogens is 5. The van der Waals surface area contributed by atoms with Gasteiger partial charge in [-0.2, -0.15) is 4.98 Å². The third kappa shape index (κ3) is 2.88. The third-order valence-corrected chi connectivity index (χ3v) is 4.73. The van der Waals surface area contributed by atoms with Crippen LogP contribution in [0.4, 0.5) is 22.0 Å². The molecule has 0 unspecified atom stereocenters. The van der Waals surface area contributed by atoms with Crippen LogP contribution in [0.5, 0.6) is 0 Å². The quantitative estimate of drug-likeness (QED) is 0.602. The van der Waals surface area contributed by atoms with Gasteiger partial charge in [0, 0.05) is 19.3 Å². The van der Waals surface area contributed by atoms with Gasteiger partial charge in [0.05, 0.1) is 11.9 Å². The highest BCUT2D eigenvalue weighted by Gasteiger charge is 2.18. The molecule has 0 aliphatic carbocycles. The molecule has 0 radical (unpaired) electrons. The predicted molar refractivity (Wildman–Crippen MR) is 101 cm³/mol. The summed E-state index contributed by atoms with van der Waals surface area (Å²) in [7, 11) is 0. The van der Waals surface area contributed by atoms with Gasteiger partial charge >= 0.3 is 0 Å². The molecule has 0 spiro atoms. The van der Waals surface area contributed by atoms with Gasteiger partial charge in [0.1, 0.15) is 23.5 Å². The monoisotopic (exact) mass is 363 g/mol. The fourth-order valence-electron chi connectivity index (χ4n) is 3.37. The maximum atomic E-state index is 14.0. The van der Waals surface area contributed by atoms with E-state index in [1.807, 2.05) is 22.8 Å². The van der Waals surface area contributed by atoms with Gasteiger partial charge in [-0.1, -0.05) is 12.1 Å². The Hall–Kier alpha value is -3.42. The van der Waals surface area contributed by atoms with Gasteiger partial charge in [-0.15, -0.1) is 5.10 Å². The van der Waals surface area contributed by atoms with Gasteiger partial charge in [-0.3, -0.25) is 0 Å². The molecule has 4 aromatic rings. The number of nitrogens with zero attached hydrogens (tertiary/aromatic N) is 6. The van der Waals surface area contributed by atoms with Crippen LogP contribution in [0.1, 0.15) is 12.8 Å². The van der Waals surface area contributed by atoms with E-state index in [2.05, 4.69) is 20.3 Å². The summed E-state index contributed by atoms with van der Waals surface area (Å²) in [6, 6.07) is 10.5. The Balaban J connectivity index is 1.49. The van der Waals surface area contributed by atoms with Crippen LogP contribution in [0.2, 0.25) is 0 Å². The van der Waals surface area contributed by atoms with Crippen molar-refractivity contribution in [2.24, 2.45) is 0 Å². The molecule has 7 nitrogen and oxygen atoms in total. The first-order valence-corrected chi connectivity index (χ1v) is 8.94. The second-order valence-corrected chi connectivity index (χ2v) is 6.54. The highest BCUT2D eigenvalue weighted by atomic mass is 19.1. The summed E-state index contributed by atoms with van der Waals surface area (Å²) in [5.41, 5.74) is 1.31. The van der Waals surface area contributed by atoms with Crippen molar-refractivity contribution in [1.29, 1.82) is 0 Å². The minimum Gasteiger partial charge on any atom is -0.340 e. The summed E-state index contributed by atoms with van der Waals surface area (Å²) >= 11 is 0. The lowest BCUT2D eigenvalue weighted by molar-refractivity contribution is 0.618. The zero-order valence-electron chi connectivity index (χ0n) is 14.6. The van der Waals surface area contributed by atoms with Gasteiger partial charge in [-0.05, 0) is 37.1 Å². The Kier molecular flexibility index (Phi) is 3.74. The number of fused-ring (bicyclic) bond motifs is 1. The largest absolute Gasteiger partial charge is 0.340 e. The molecule has 4 heterocycles. The molecule has 1 fully saturated rings. The molecular formula is C19H18FN7. The van der Waals surface area contributed by atoms with Crippen LogP contribution in [0, 0.1) is 5.82 Å². The minimum atomic E-state index is -0.297. The van der Waals surface area contributed by atoms with Crippen LogP contribution in [0.3, 0.4) is 0 Å². The second kappa shape index (κ2) is 6.39. The minimum absolute atomic E-state index is 0.297. The topological polar surface area (TPSA) is 63.3 Å². The summed E-state index contributed by atoms with van der Waals surface area (Å²) in [5, 5.41) is 7.85. The zero-order chi connectivity index (χ0) is 18.2. The van der Waals surface area contributed by atoms with E-state index < -0.39 is 0 Å². The molecule has 1 aliphatic rings. The molecule has 8 heteroatoms. The SMILES string of the molecule is Fc1ccccc1-n1cnc(Nc2nc(N3CCCC3)nn3cccc23)c1. The average Bonchev–Trinajstić information content (AvgIpc) is 3.43. The molecular weight excluding hydrogens is 345 g/mol. The van der Waals surface area contributed by atoms with Crippen molar-refractivity contribution in [1.82, 2.24) is 24.1 Å². The fourth-order valence-corrected chi connectivity index (χ4v) is 3.37. The van der Waals surface area contributed by atoms with E-state index in [1.165, 1.54) is 6.07 Å². The standard InChI is InChI=1S/C19H18FN7/c20-14-6-1-2-7-15(14)26-12-17(21-13-26)22-18-16-8-5-11-27(16)24-19(23-18)25-9-3-4-10-25/h1-2,5-8,11-13H,3-4,9-10H2,(H,22,23,24). The highest BCUT2D eigenvalue weighted by Crippen LogP contribution is 2.24. The lowest BCUT2D eigenvalue weighted by Crippen LogP contribution is -2.22. The van der Waals surface area contributed by atoms with Gasteiger partial charge in [0.25, 0.3) is 0 Å². The number of anilines is 3. The second-order valence-electron chi connectivity index (χ2n) is 6.54. The number of rotatable bonds is 4. The summed E-state index contributed by atoms with van der Waals surface area (Å²) < 4.78 is 17.5. The van der Waals surface area contributed by atoms with Crippen LogP contribution < -0.4 is 10.2 Å². The van der Waals surface area contributed by atoms with Crippen molar-refractivity contribution in [3.8, 4) is 5.69 Å². The molecule has 0 amide bonds. The van der Waals surface area contributed by atoms with E-state index in [-0.39, 0.29) is 5.82 Å². The number of para-hydroxylation sites is 1. The van der Waals surface area contributed by atoms with Crippen molar-refractivity contribution in [2.75, 3.05) is 23.3 Å². The Morgan fingerprint density at radius 3 is 2.74 bits per heavy atom. The van der Waals surface area contributed by atoms with Crippen LogP contribution in [-0.2, 0) is 0 Å². The summed E-state index contributed by atoms with van der Waals surface area (Å²) in [6.07, 6.45) is 7.54. The number of nitrogens with one attached hydrogen (secondary N) is 1. The Bertz CT molecular complexity index is 1090. The van der Waals surface area contributed by atoms with Crippen molar-refractivity contribution in [2.45, 2.75) is 12.8 Å². The smallest absolute Gasteiger partial charge is 0.245 e. The Labute approximate surface area is 155 Å². The molecule has 1 N–H and O–H groups in total. The summed E-state index contributed by atoms with van der Waals surface area (Å²) in [5.74, 6) is 1.67. The number of benzene rings is 1. The first-order chi connectivity index (χ1) is 13.3. The Morgan fingerprint density at radius 2 is 1.89 bits per heavy atom. The lowest BCUT2D eigenvalue weighted by atomic mass is 10.3. The van der Waals surface area contributed by atoms with E-state index in [9.17, 15) is 4.39 Å². The number of halogens is 1. The van der Waals surface area contributed by atoms with Crippen molar-refractivity contribution < 1.29 is 4.39 Å². The number of imidazole rings is 1. The van der Waals surface area contributed by atoms with Crippen LogP contribution in [-0.4, -0.2) is 37.2 Å². The molecule has 1 aliphatic heterocycles. The normalized spacial score (nSPS) is 14.2. The van der Waals surface area contributed by atoms with Crippen LogP contribution in [0.25, 0.3) is 11.2 Å².